The van der Waals surface area contributed by atoms with Gasteiger partial charge in [-0.15, -0.1) is 6.42 Å². The summed E-state index contributed by atoms with van der Waals surface area (Å²) >= 11 is 0. The summed E-state index contributed by atoms with van der Waals surface area (Å²) in [6, 6.07) is 0.134. The van der Waals surface area contributed by atoms with Crippen molar-refractivity contribution >= 4 is 5.91 Å². The fourth-order valence-corrected chi connectivity index (χ4v) is 2.21. The normalized spacial score (nSPS) is 22.7. The summed E-state index contributed by atoms with van der Waals surface area (Å²) in [6.07, 6.45) is 7.30. The zero-order chi connectivity index (χ0) is 13.4. The van der Waals surface area contributed by atoms with E-state index in [-0.39, 0.29) is 17.9 Å². The molecule has 1 saturated heterocycles. The van der Waals surface area contributed by atoms with E-state index in [1.165, 1.54) is 0 Å². The second-order valence-corrected chi connectivity index (χ2v) is 4.67. The molecule has 0 aromatic rings. The Kier molecular flexibility index (Phi) is 6.77. The lowest BCUT2D eigenvalue weighted by Crippen LogP contribution is -2.46. The molecule has 0 bridgehead atoms. The van der Waals surface area contributed by atoms with Crippen molar-refractivity contribution in [3.05, 3.63) is 0 Å². The summed E-state index contributed by atoms with van der Waals surface area (Å²) in [5.41, 5.74) is 0. The van der Waals surface area contributed by atoms with Gasteiger partial charge in [0, 0.05) is 12.6 Å². The molecule has 1 N–H and O–H groups in total. The molecule has 2 atom stereocenters. The van der Waals surface area contributed by atoms with Gasteiger partial charge in [0.1, 0.15) is 0 Å². The molecular formula is C14H24N2O2. The fourth-order valence-electron chi connectivity index (χ4n) is 2.21. The highest BCUT2D eigenvalue weighted by Crippen LogP contribution is 2.17. The molecule has 1 rings (SSSR count). The van der Waals surface area contributed by atoms with Crippen molar-refractivity contribution in [2.24, 2.45) is 5.92 Å². The number of ether oxygens (including phenoxy) is 1. The number of rotatable bonds is 7. The molecule has 0 aromatic heterocycles. The van der Waals surface area contributed by atoms with Crippen LogP contribution in [0.15, 0.2) is 0 Å². The largest absolute Gasteiger partial charge is 0.379 e. The van der Waals surface area contributed by atoms with Crippen LogP contribution in [0, 0.1) is 18.3 Å². The van der Waals surface area contributed by atoms with Crippen LogP contribution >= 0.6 is 0 Å². The summed E-state index contributed by atoms with van der Waals surface area (Å²) in [5.74, 6) is 2.60. The molecule has 0 radical (unpaired) electrons. The van der Waals surface area contributed by atoms with Crippen LogP contribution in [-0.4, -0.2) is 49.7 Å². The van der Waals surface area contributed by atoms with Crippen molar-refractivity contribution in [1.82, 2.24) is 10.2 Å². The van der Waals surface area contributed by atoms with Crippen molar-refractivity contribution in [3.63, 3.8) is 0 Å². The Morgan fingerprint density at radius 2 is 2.22 bits per heavy atom. The van der Waals surface area contributed by atoms with E-state index in [0.29, 0.717) is 19.8 Å². The van der Waals surface area contributed by atoms with Crippen LogP contribution < -0.4 is 5.32 Å². The number of amides is 1. The molecule has 102 valence electrons. The van der Waals surface area contributed by atoms with Crippen LogP contribution in [0.2, 0.25) is 0 Å². The van der Waals surface area contributed by atoms with E-state index in [1.54, 1.807) is 4.90 Å². The molecule has 0 spiro atoms. The minimum Gasteiger partial charge on any atom is -0.379 e. The quantitative estimate of drug-likeness (QED) is 0.684. The van der Waals surface area contributed by atoms with Gasteiger partial charge in [-0.2, -0.15) is 0 Å². The predicted molar refractivity (Wildman–Crippen MR) is 72.1 cm³/mol. The Bertz CT molecular complexity index is 299. The summed E-state index contributed by atoms with van der Waals surface area (Å²) in [4.78, 5) is 14.2. The molecule has 1 aliphatic rings. The Hall–Kier alpha value is -1.05. The molecular weight excluding hydrogens is 228 g/mol. The van der Waals surface area contributed by atoms with Crippen molar-refractivity contribution in [2.75, 3.05) is 32.8 Å². The summed E-state index contributed by atoms with van der Waals surface area (Å²) in [6.45, 7) is 7.32. The zero-order valence-electron chi connectivity index (χ0n) is 11.4. The van der Waals surface area contributed by atoms with E-state index in [0.717, 1.165) is 25.9 Å². The van der Waals surface area contributed by atoms with E-state index in [9.17, 15) is 4.79 Å². The number of carbonyl (C=O) groups is 1. The lowest BCUT2D eigenvalue weighted by atomic mass is 10.0. The third-order valence-electron chi connectivity index (χ3n) is 3.14. The van der Waals surface area contributed by atoms with Gasteiger partial charge in [-0.1, -0.05) is 19.8 Å². The Morgan fingerprint density at radius 3 is 2.83 bits per heavy atom. The number of nitrogens with one attached hydrogen (secondary N) is 1. The predicted octanol–water partition coefficient (Wildman–Crippen LogP) is 0.873. The van der Waals surface area contributed by atoms with E-state index >= 15 is 0 Å². The molecule has 18 heavy (non-hydrogen) atoms. The zero-order valence-corrected chi connectivity index (χ0v) is 11.4. The maximum atomic E-state index is 12.4. The first-order valence-electron chi connectivity index (χ1n) is 6.77. The maximum absolute atomic E-state index is 12.4. The van der Waals surface area contributed by atoms with Gasteiger partial charge in [-0.25, -0.2) is 0 Å². The van der Waals surface area contributed by atoms with E-state index in [2.05, 4.69) is 25.1 Å². The number of carbonyl (C=O) groups excluding carboxylic acids is 1. The van der Waals surface area contributed by atoms with Gasteiger partial charge in [0.2, 0.25) is 5.91 Å². The van der Waals surface area contributed by atoms with Gasteiger partial charge in [0.05, 0.1) is 25.7 Å². The SMILES string of the molecule is C#CCN(CCC)C(=O)C1COCC1NCCC. The smallest absolute Gasteiger partial charge is 0.230 e. The molecule has 2 unspecified atom stereocenters. The van der Waals surface area contributed by atoms with E-state index in [4.69, 9.17) is 11.2 Å². The second kappa shape index (κ2) is 8.12. The lowest BCUT2D eigenvalue weighted by molar-refractivity contribution is -0.135. The van der Waals surface area contributed by atoms with Gasteiger partial charge in [0.25, 0.3) is 0 Å². The van der Waals surface area contributed by atoms with Crippen LogP contribution in [0.3, 0.4) is 0 Å². The Balaban J connectivity index is 2.59. The highest BCUT2D eigenvalue weighted by atomic mass is 16.5. The number of hydrogen-bond acceptors (Lipinski definition) is 3. The van der Waals surface area contributed by atoms with Crippen LogP contribution in [-0.2, 0) is 9.53 Å². The van der Waals surface area contributed by atoms with Crippen molar-refractivity contribution in [2.45, 2.75) is 32.7 Å². The topological polar surface area (TPSA) is 41.6 Å². The second-order valence-electron chi connectivity index (χ2n) is 4.67. The molecule has 1 amide bonds. The molecule has 1 heterocycles. The third-order valence-corrected chi connectivity index (χ3v) is 3.14. The Morgan fingerprint density at radius 1 is 1.44 bits per heavy atom. The monoisotopic (exact) mass is 252 g/mol. The molecule has 0 aliphatic carbocycles. The molecule has 4 nitrogen and oxygen atoms in total. The number of terminal acetylenes is 1. The van der Waals surface area contributed by atoms with Gasteiger partial charge >= 0.3 is 0 Å². The highest BCUT2D eigenvalue weighted by molar-refractivity contribution is 5.80. The van der Waals surface area contributed by atoms with Gasteiger partial charge in [-0.05, 0) is 19.4 Å². The minimum absolute atomic E-state index is 0.0866. The molecule has 1 fully saturated rings. The van der Waals surface area contributed by atoms with Crippen molar-refractivity contribution < 1.29 is 9.53 Å². The molecule has 1 aliphatic heterocycles. The first-order chi connectivity index (χ1) is 8.74. The molecule has 0 aromatic carbocycles. The summed E-state index contributed by atoms with van der Waals surface area (Å²) in [7, 11) is 0. The first-order valence-corrected chi connectivity index (χ1v) is 6.77. The fraction of sp³-hybridized carbons (Fsp3) is 0.786. The van der Waals surface area contributed by atoms with Gasteiger partial charge in [-0.3, -0.25) is 4.79 Å². The number of hydrogen-bond donors (Lipinski definition) is 1. The standard InChI is InChI=1S/C14H24N2O2/c1-4-7-15-13-11-18-10-12(13)14(17)16(8-5-2)9-6-3/h2,12-13,15H,4,6-11H2,1,3H3. The van der Waals surface area contributed by atoms with Crippen LogP contribution in [0.1, 0.15) is 26.7 Å². The minimum atomic E-state index is -0.0866. The summed E-state index contributed by atoms with van der Waals surface area (Å²) in [5, 5.41) is 3.38. The molecule has 0 saturated carbocycles. The average Bonchev–Trinajstić information content (AvgIpc) is 2.83. The van der Waals surface area contributed by atoms with E-state index < -0.39 is 0 Å². The highest BCUT2D eigenvalue weighted by Gasteiger charge is 2.35. The van der Waals surface area contributed by atoms with Crippen molar-refractivity contribution in [3.8, 4) is 12.3 Å². The third kappa shape index (κ3) is 4.01. The van der Waals surface area contributed by atoms with Crippen LogP contribution in [0.4, 0.5) is 0 Å². The Labute approximate surface area is 110 Å². The van der Waals surface area contributed by atoms with Crippen LogP contribution in [0.5, 0.6) is 0 Å². The van der Waals surface area contributed by atoms with Gasteiger partial charge in [0.15, 0.2) is 0 Å². The van der Waals surface area contributed by atoms with Crippen molar-refractivity contribution in [1.29, 1.82) is 0 Å². The number of nitrogens with zero attached hydrogens (tertiary/aromatic N) is 1. The van der Waals surface area contributed by atoms with Crippen LogP contribution in [0.25, 0.3) is 0 Å². The maximum Gasteiger partial charge on any atom is 0.230 e. The van der Waals surface area contributed by atoms with E-state index in [1.807, 2.05) is 0 Å². The average molecular weight is 252 g/mol. The van der Waals surface area contributed by atoms with Gasteiger partial charge < -0.3 is 15.0 Å². The summed E-state index contributed by atoms with van der Waals surface area (Å²) < 4.78 is 5.43. The first kappa shape index (κ1) is 15.0. The molecule has 4 heteroatoms. The lowest BCUT2D eigenvalue weighted by Gasteiger charge is -2.26.